The molecule has 4 nitrogen and oxygen atoms in total. The highest BCUT2D eigenvalue weighted by atomic mass is 32.2. The predicted molar refractivity (Wildman–Crippen MR) is 60.3 cm³/mol. The van der Waals surface area contributed by atoms with Gasteiger partial charge in [-0.15, -0.1) is 0 Å². The van der Waals surface area contributed by atoms with Crippen LogP contribution in [-0.2, 0) is 4.79 Å². The Balaban J connectivity index is 3.79. The topological polar surface area (TPSA) is 75.3 Å². The number of nitrogens with one attached hydrogen (secondary N) is 1. The summed E-state index contributed by atoms with van der Waals surface area (Å²) in [7, 11) is 0. The molecule has 0 saturated heterocycles. The zero-order chi connectivity index (χ0) is 11.0. The van der Waals surface area contributed by atoms with E-state index in [9.17, 15) is 4.79 Å². The molecular weight excluding hydrogens is 200 g/mol. The molecule has 0 radical (unpaired) electrons. The molecule has 0 bridgehead atoms. The summed E-state index contributed by atoms with van der Waals surface area (Å²) in [6.45, 7) is 4.88. The standard InChI is InChI=1S/C9H20N2O2S/c1-3-4-11-8(9(10)13)6-14-7(2)5-12/h7-8,11-12H,3-6H2,1-2H3,(H2,10,13). The van der Waals surface area contributed by atoms with Gasteiger partial charge in [-0.2, -0.15) is 11.8 Å². The van der Waals surface area contributed by atoms with E-state index in [1.807, 2.05) is 13.8 Å². The molecule has 0 rings (SSSR count). The quantitative estimate of drug-likeness (QED) is 0.536. The van der Waals surface area contributed by atoms with Gasteiger partial charge in [0.1, 0.15) is 0 Å². The van der Waals surface area contributed by atoms with Crippen LogP contribution in [0.5, 0.6) is 0 Å². The van der Waals surface area contributed by atoms with Gasteiger partial charge in [0.15, 0.2) is 0 Å². The maximum atomic E-state index is 11.0. The number of aliphatic hydroxyl groups is 1. The summed E-state index contributed by atoms with van der Waals surface area (Å²) in [4.78, 5) is 11.0. The molecule has 2 unspecified atom stereocenters. The first-order chi connectivity index (χ1) is 6.61. The van der Waals surface area contributed by atoms with Gasteiger partial charge in [0.05, 0.1) is 12.6 Å². The minimum absolute atomic E-state index is 0.129. The molecule has 84 valence electrons. The van der Waals surface area contributed by atoms with E-state index in [1.165, 1.54) is 0 Å². The maximum absolute atomic E-state index is 11.0. The highest BCUT2D eigenvalue weighted by Crippen LogP contribution is 2.10. The van der Waals surface area contributed by atoms with E-state index in [2.05, 4.69) is 5.32 Å². The van der Waals surface area contributed by atoms with Gasteiger partial charge in [0.25, 0.3) is 0 Å². The molecule has 0 aliphatic rings. The minimum Gasteiger partial charge on any atom is -0.395 e. The number of amides is 1. The number of carbonyl (C=O) groups is 1. The second kappa shape index (κ2) is 8.08. The zero-order valence-corrected chi connectivity index (χ0v) is 9.64. The normalized spacial score (nSPS) is 15.1. The van der Waals surface area contributed by atoms with Gasteiger partial charge in [0, 0.05) is 11.0 Å². The summed E-state index contributed by atoms with van der Waals surface area (Å²) in [5.41, 5.74) is 5.23. The lowest BCUT2D eigenvalue weighted by Gasteiger charge is -2.16. The SMILES string of the molecule is CCCNC(CSC(C)CO)C(N)=O. The number of thioether (sulfide) groups is 1. The monoisotopic (exact) mass is 220 g/mol. The van der Waals surface area contributed by atoms with Crippen LogP contribution in [0.1, 0.15) is 20.3 Å². The Morgan fingerprint density at radius 2 is 2.29 bits per heavy atom. The summed E-state index contributed by atoms with van der Waals surface area (Å²) in [5.74, 6) is 0.299. The molecule has 0 aliphatic carbocycles. The first-order valence-corrected chi connectivity index (χ1v) is 5.91. The van der Waals surface area contributed by atoms with Gasteiger partial charge >= 0.3 is 0 Å². The highest BCUT2D eigenvalue weighted by Gasteiger charge is 2.15. The number of nitrogens with two attached hydrogens (primary N) is 1. The van der Waals surface area contributed by atoms with E-state index in [0.717, 1.165) is 13.0 Å². The maximum Gasteiger partial charge on any atom is 0.235 e. The summed E-state index contributed by atoms with van der Waals surface area (Å²) < 4.78 is 0. The molecule has 0 aliphatic heterocycles. The van der Waals surface area contributed by atoms with Crippen LogP contribution >= 0.6 is 11.8 Å². The second-order valence-corrected chi connectivity index (χ2v) is 4.71. The summed E-state index contributed by atoms with van der Waals surface area (Å²) in [6, 6.07) is -0.283. The van der Waals surface area contributed by atoms with Gasteiger partial charge in [-0.1, -0.05) is 13.8 Å². The molecule has 0 aromatic rings. The number of hydrogen-bond acceptors (Lipinski definition) is 4. The van der Waals surface area contributed by atoms with Crippen LogP contribution in [0.3, 0.4) is 0 Å². The van der Waals surface area contributed by atoms with E-state index in [0.29, 0.717) is 5.75 Å². The van der Waals surface area contributed by atoms with Crippen molar-refractivity contribution in [1.82, 2.24) is 5.32 Å². The molecule has 5 heteroatoms. The van der Waals surface area contributed by atoms with Gasteiger partial charge in [0.2, 0.25) is 5.91 Å². The third kappa shape index (κ3) is 6.23. The smallest absolute Gasteiger partial charge is 0.235 e. The van der Waals surface area contributed by atoms with Crippen molar-refractivity contribution in [3.8, 4) is 0 Å². The molecule has 0 aromatic carbocycles. The Morgan fingerprint density at radius 1 is 1.64 bits per heavy atom. The molecule has 0 heterocycles. The second-order valence-electron chi connectivity index (χ2n) is 3.24. The van der Waals surface area contributed by atoms with Crippen molar-refractivity contribution in [3.63, 3.8) is 0 Å². The Hall–Kier alpha value is -0.260. The molecular formula is C9H20N2O2S. The van der Waals surface area contributed by atoms with E-state index in [-0.39, 0.29) is 23.8 Å². The first-order valence-electron chi connectivity index (χ1n) is 4.87. The molecule has 4 N–H and O–H groups in total. The Morgan fingerprint density at radius 3 is 2.71 bits per heavy atom. The van der Waals surface area contributed by atoms with E-state index < -0.39 is 0 Å². The van der Waals surface area contributed by atoms with Gasteiger partial charge < -0.3 is 16.2 Å². The van der Waals surface area contributed by atoms with Crippen molar-refractivity contribution in [2.75, 3.05) is 18.9 Å². The van der Waals surface area contributed by atoms with Crippen molar-refractivity contribution in [3.05, 3.63) is 0 Å². The number of carbonyl (C=O) groups excluding carboxylic acids is 1. The number of aliphatic hydroxyl groups excluding tert-OH is 1. The van der Waals surface area contributed by atoms with Crippen molar-refractivity contribution in [1.29, 1.82) is 0 Å². The fraction of sp³-hybridized carbons (Fsp3) is 0.889. The molecule has 1 amide bonds. The van der Waals surface area contributed by atoms with Crippen LogP contribution in [0.2, 0.25) is 0 Å². The first kappa shape index (κ1) is 13.7. The number of primary amides is 1. The average molecular weight is 220 g/mol. The fourth-order valence-corrected chi connectivity index (χ4v) is 1.78. The van der Waals surface area contributed by atoms with E-state index in [4.69, 9.17) is 10.8 Å². The van der Waals surface area contributed by atoms with Gasteiger partial charge in [-0.25, -0.2) is 0 Å². The van der Waals surface area contributed by atoms with Gasteiger partial charge in [-0.3, -0.25) is 4.79 Å². The van der Waals surface area contributed by atoms with Crippen LogP contribution in [-0.4, -0.2) is 41.2 Å². The van der Waals surface area contributed by atoms with Crippen LogP contribution in [0.25, 0.3) is 0 Å². The van der Waals surface area contributed by atoms with Crippen molar-refractivity contribution in [2.45, 2.75) is 31.6 Å². The minimum atomic E-state index is -0.323. The molecule has 14 heavy (non-hydrogen) atoms. The van der Waals surface area contributed by atoms with Crippen molar-refractivity contribution < 1.29 is 9.90 Å². The fourth-order valence-electron chi connectivity index (χ4n) is 0.873. The lowest BCUT2D eigenvalue weighted by molar-refractivity contribution is -0.119. The predicted octanol–water partition coefficient (Wildman–Crippen LogP) is -0.0461. The summed E-state index contributed by atoms with van der Waals surface area (Å²) in [6.07, 6.45) is 0.976. The molecule has 2 atom stereocenters. The molecule has 0 saturated carbocycles. The van der Waals surface area contributed by atoms with Crippen molar-refractivity contribution >= 4 is 17.7 Å². The lowest BCUT2D eigenvalue weighted by Crippen LogP contribution is -2.43. The third-order valence-corrected chi connectivity index (χ3v) is 3.03. The van der Waals surface area contributed by atoms with Crippen molar-refractivity contribution in [2.24, 2.45) is 5.73 Å². The lowest BCUT2D eigenvalue weighted by atomic mass is 10.3. The summed E-state index contributed by atoms with van der Waals surface area (Å²) in [5, 5.41) is 12.0. The Labute approximate surface area is 89.6 Å². The van der Waals surface area contributed by atoms with E-state index >= 15 is 0 Å². The highest BCUT2D eigenvalue weighted by molar-refractivity contribution is 7.99. The van der Waals surface area contributed by atoms with Crippen LogP contribution in [0, 0.1) is 0 Å². The average Bonchev–Trinajstić information content (AvgIpc) is 2.16. The largest absolute Gasteiger partial charge is 0.395 e. The third-order valence-electron chi connectivity index (χ3n) is 1.79. The Bertz CT molecular complexity index is 167. The van der Waals surface area contributed by atoms with E-state index in [1.54, 1.807) is 11.8 Å². The zero-order valence-electron chi connectivity index (χ0n) is 8.82. The molecule has 0 spiro atoms. The molecule has 0 aromatic heterocycles. The summed E-state index contributed by atoms with van der Waals surface area (Å²) >= 11 is 1.55. The number of hydrogen-bond donors (Lipinski definition) is 3. The van der Waals surface area contributed by atoms with Crippen LogP contribution in [0.4, 0.5) is 0 Å². The number of rotatable bonds is 8. The molecule has 0 fully saturated rings. The van der Waals surface area contributed by atoms with Gasteiger partial charge in [-0.05, 0) is 13.0 Å². The van der Waals surface area contributed by atoms with Crippen LogP contribution < -0.4 is 11.1 Å². The Kier molecular flexibility index (Phi) is 7.93. The van der Waals surface area contributed by atoms with Crippen LogP contribution in [0.15, 0.2) is 0 Å².